The van der Waals surface area contributed by atoms with Gasteiger partial charge >= 0.3 is 0 Å². The summed E-state index contributed by atoms with van der Waals surface area (Å²) in [6.07, 6.45) is 0. The molecule has 26 rings (SSSR count). The number of rotatable bonds is 9. The second-order valence-electron chi connectivity index (χ2n) is 36.5. The van der Waals surface area contributed by atoms with Crippen LogP contribution in [0.15, 0.2) is 425 Å². The van der Waals surface area contributed by atoms with Crippen LogP contribution in [0, 0.1) is 0 Å². The molecular formula is C125H88N6. The summed E-state index contributed by atoms with van der Waals surface area (Å²) in [6.45, 7) is 14.1. The fourth-order valence-corrected chi connectivity index (χ4v) is 21.9. The normalized spacial score (nSPS) is 13.3. The van der Waals surface area contributed by atoms with Crippen LogP contribution in [0.5, 0.6) is 0 Å². The third kappa shape index (κ3) is 12.9. The molecule has 0 unspecified atom stereocenters. The lowest BCUT2D eigenvalue weighted by atomic mass is 9.79. The second kappa shape index (κ2) is 31.0. The smallest absolute Gasteiger partial charge is 0.161 e. The summed E-state index contributed by atoms with van der Waals surface area (Å²) in [5.74, 6) is 2.22. The van der Waals surface area contributed by atoms with Gasteiger partial charge < -0.3 is 0 Å². The van der Waals surface area contributed by atoms with Crippen molar-refractivity contribution >= 4 is 86.6 Å². The maximum absolute atomic E-state index is 5.21. The van der Waals surface area contributed by atoms with Crippen LogP contribution < -0.4 is 0 Å². The molecule has 0 spiro atoms. The molecule has 3 aliphatic carbocycles. The predicted molar refractivity (Wildman–Crippen MR) is 548 cm³/mol. The predicted octanol–water partition coefficient (Wildman–Crippen LogP) is 32.6. The molecule has 0 amide bonds. The molecule has 131 heavy (non-hydrogen) atoms. The molecule has 0 radical (unpaired) electrons. The number of para-hydroxylation sites is 2. The van der Waals surface area contributed by atoms with Crippen molar-refractivity contribution in [1.29, 1.82) is 0 Å². The molecule has 0 saturated heterocycles. The van der Waals surface area contributed by atoms with Crippen LogP contribution >= 0.6 is 0 Å². The minimum atomic E-state index is -0.0696. The Labute approximate surface area is 761 Å². The summed E-state index contributed by atoms with van der Waals surface area (Å²) in [7, 11) is 0. The third-order valence-electron chi connectivity index (χ3n) is 28.0. The average molecular weight is 1670 g/mol. The van der Waals surface area contributed by atoms with Crippen LogP contribution in [0.3, 0.4) is 0 Å². The molecule has 3 heterocycles. The van der Waals surface area contributed by atoms with E-state index in [0.29, 0.717) is 0 Å². The van der Waals surface area contributed by atoms with Crippen molar-refractivity contribution in [1.82, 2.24) is 29.9 Å². The van der Waals surface area contributed by atoms with E-state index < -0.39 is 0 Å². The van der Waals surface area contributed by atoms with Gasteiger partial charge in [0.05, 0.1) is 33.6 Å². The Morgan fingerprint density at radius 3 is 0.901 bits per heavy atom. The summed E-state index contributed by atoms with van der Waals surface area (Å²) < 4.78 is 0. The summed E-state index contributed by atoms with van der Waals surface area (Å²) in [6, 6.07) is 152. The minimum Gasteiger partial charge on any atom is -0.228 e. The van der Waals surface area contributed by atoms with Crippen molar-refractivity contribution in [3.63, 3.8) is 0 Å². The monoisotopic (exact) mass is 1670 g/mol. The van der Waals surface area contributed by atoms with E-state index in [-0.39, 0.29) is 16.2 Å². The van der Waals surface area contributed by atoms with Crippen LogP contribution in [0.25, 0.3) is 221 Å². The Morgan fingerprint density at radius 2 is 0.443 bits per heavy atom. The number of benzene rings is 20. The van der Waals surface area contributed by atoms with Gasteiger partial charge in [0.15, 0.2) is 17.5 Å². The number of nitrogens with zero attached hydrogens (tertiary/aromatic N) is 6. The first-order chi connectivity index (χ1) is 64.3. The summed E-state index contributed by atoms with van der Waals surface area (Å²) in [5.41, 5.74) is 35.8. The molecule has 23 aromatic rings. The molecule has 20 aromatic carbocycles. The summed E-state index contributed by atoms with van der Waals surface area (Å²) >= 11 is 0. The molecule has 6 heteroatoms. The molecule has 6 nitrogen and oxygen atoms in total. The van der Waals surface area contributed by atoms with E-state index in [0.717, 1.165) is 111 Å². The lowest BCUT2D eigenvalue weighted by molar-refractivity contribution is 0.666. The average Bonchev–Trinajstić information content (AvgIpc) is 1.57. The Hall–Kier alpha value is -16.3. The van der Waals surface area contributed by atoms with E-state index in [1.807, 2.05) is 36.4 Å². The van der Waals surface area contributed by atoms with Gasteiger partial charge in [-0.1, -0.05) is 442 Å². The zero-order chi connectivity index (χ0) is 87.8. The molecule has 0 N–H and O–H groups in total. The van der Waals surface area contributed by atoms with E-state index in [9.17, 15) is 0 Å². The first-order valence-corrected chi connectivity index (χ1v) is 45.4. The molecule has 0 fully saturated rings. The van der Waals surface area contributed by atoms with E-state index in [2.05, 4.69) is 430 Å². The van der Waals surface area contributed by atoms with E-state index in [1.54, 1.807) is 0 Å². The Morgan fingerprint density at radius 1 is 0.153 bits per heavy atom. The van der Waals surface area contributed by atoms with Gasteiger partial charge in [0.1, 0.15) is 0 Å². The highest BCUT2D eigenvalue weighted by molar-refractivity contribution is 6.14. The molecular weight excluding hydrogens is 1590 g/mol. The maximum Gasteiger partial charge on any atom is 0.161 e. The summed E-state index contributed by atoms with van der Waals surface area (Å²) in [4.78, 5) is 30.7. The Balaban J connectivity index is 0.000000109. The molecule has 0 bridgehead atoms. The zero-order valence-electron chi connectivity index (χ0n) is 73.6. The van der Waals surface area contributed by atoms with Crippen molar-refractivity contribution in [2.24, 2.45) is 0 Å². The quantitative estimate of drug-likeness (QED) is 0.134. The van der Waals surface area contributed by atoms with Crippen molar-refractivity contribution in [3.05, 3.63) is 458 Å². The van der Waals surface area contributed by atoms with E-state index >= 15 is 0 Å². The molecule has 0 atom stereocenters. The third-order valence-corrected chi connectivity index (χ3v) is 28.0. The highest BCUT2D eigenvalue weighted by atomic mass is 14.9. The van der Waals surface area contributed by atoms with Crippen LogP contribution in [-0.2, 0) is 16.2 Å². The lowest BCUT2D eigenvalue weighted by Gasteiger charge is -2.24. The fraction of sp³-hybridized carbons (Fsp3) is 0.0720. The standard InChI is InChI=1S/2C43H30N2.C39H28N2/c1-43(2)38-21-10-8-17-33(38)35-25-23-32-29(19-12-20-34(32)40(35)43)31-24-26-36(30-16-7-6-15-28(30)31)42-44-39-22-11-9-18-37(39)41(45-42)27-13-4-3-5-14-27;1-43(2)38-18-9-8-15-34(38)36-26-25-33-31(16-10-17-35(33)39(36)43)28-19-21-30(22-20-28)42-44-40(29-12-4-3-5-13-29)37-24-23-27-11-6-7-14-32(27)41(37)45-42;1-39(2)34-17-8-6-13-30(34)32-24-23-29-28(15-10-16-31(29)36(32)39)25-19-21-27(22-20-25)38-40-35-18-9-7-14-33(35)37(41-38)26-11-4-3-5-12-26/h2*3-26H,1-2H3;3-24H,1-2H3. The SMILES string of the molecule is CC1(C)c2ccccc2-c2ccc3c(-c4ccc(-c5nc(-c6ccccc6)c6ccc7ccccc7c6n5)cc4)cccc3c21.CC1(C)c2ccccc2-c2ccc3c(-c4ccc(-c5nc(-c6ccccc6)c6ccccc6n5)c5ccccc45)cccc3c21.CC1(C)c2ccccc2-c2ccc3c(-c4ccc(-c5nc(-c6ccccc6)c6ccccc6n5)cc4)cccc3c21. The molecule has 618 valence electrons. The van der Waals surface area contributed by atoms with Gasteiger partial charge in [0.25, 0.3) is 0 Å². The van der Waals surface area contributed by atoms with Crippen molar-refractivity contribution in [2.75, 3.05) is 0 Å². The van der Waals surface area contributed by atoms with E-state index in [4.69, 9.17) is 29.9 Å². The highest BCUT2D eigenvalue weighted by Crippen LogP contribution is 2.56. The number of hydrogen-bond donors (Lipinski definition) is 0. The molecule has 0 aliphatic heterocycles. The van der Waals surface area contributed by atoms with Gasteiger partial charge in [0, 0.05) is 71.2 Å². The largest absolute Gasteiger partial charge is 0.228 e. The lowest BCUT2D eigenvalue weighted by Crippen LogP contribution is -2.15. The zero-order valence-corrected chi connectivity index (χ0v) is 73.6. The van der Waals surface area contributed by atoms with Gasteiger partial charge in [0.2, 0.25) is 0 Å². The van der Waals surface area contributed by atoms with Gasteiger partial charge in [-0.25, -0.2) is 29.9 Å². The molecule has 3 aromatic heterocycles. The molecule has 3 aliphatic rings. The van der Waals surface area contributed by atoms with Gasteiger partial charge in [-0.2, -0.15) is 0 Å². The fourth-order valence-electron chi connectivity index (χ4n) is 21.9. The van der Waals surface area contributed by atoms with Gasteiger partial charge in [-0.05, 0) is 173 Å². The Kier molecular flexibility index (Phi) is 18.5. The Bertz CT molecular complexity index is 8590. The van der Waals surface area contributed by atoms with E-state index in [1.165, 1.54) is 143 Å². The highest BCUT2D eigenvalue weighted by Gasteiger charge is 2.40. The topological polar surface area (TPSA) is 77.3 Å². The van der Waals surface area contributed by atoms with Crippen molar-refractivity contribution < 1.29 is 0 Å². The first kappa shape index (κ1) is 78.2. The van der Waals surface area contributed by atoms with Crippen molar-refractivity contribution in [2.45, 2.75) is 57.8 Å². The second-order valence-corrected chi connectivity index (χ2v) is 36.5. The number of aromatic nitrogens is 6. The first-order valence-electron chi connectivity index (χ1n) is 45.4. The van der Waals surface area contributed by atoms with Crippen LogP contribution in [-0.4, -0.2) is 29.9 Å². The summed E-state index contributed by atoms with van der Waals surface area (Å²) in [5, 5.41) is 15.7. The minimum absolute atomic E-state index is 0.0438. The van der Waals surface area contributed by atoms with Crippen LogP contribution in [0.2, 0.25) is 0 Å². The van der Waals surface area contributed by atoms with Crippen LogP contribution in [0.4, 0.5) is 0 Å². The van der Waals surface area contributed by atoms with Crippen molar-refractivity contribution in [3.8, 4) is 135 Å². The number of fused-ring (bicyclic) bond motifs is 21. The van der Waals surface area contributed by atoms with Crippen LogP contribution in [0.1, 0.15) is 74.9 Å². The van der Waals surface area contributed by atoms with Gasteiger partial charge in [-0.15, -0.1) is 0 Å². The number of hydrogen-bond acceptors (Lipinski definition) is 6. The van der Waals surface area contributed by atoms with Gasteiger partial charge in [-0.3, -0.25) is 0 Å². The maximum atomic E-state index is 5.21. The molecule has 0 saturated carbocycles.